The van der Waals surface area contributed by atoms with Gasteiger partial charge in [0.2, 0.25) is 15.9 Å². The van der Waals surface area contributed by atoms with Gasteiger partial charge in [-0.3, -0.25) is 14.6 Å². The second-order valence-electron chi connectivity index (χ2n) is 5.47. The summed E-state index contributed by atoms with van der Waals surface area (Å²) >= 11 is 1.32. The smallest absolute Gasteiger partial charge is 0.322 e. The summed E-state index contributed by atoms with van der Waals surface area (Å²) in [5.41, 5.74) is 0. The number of sulfonamides is 1. The summed E-state index contributed by atoms with van der Waals surface area (Å²) in [5.74, 6) is -1.71. The summed E-state index contributed by atoms with van der Waals surface area (Å²) in [6.45, 7) is 2.94. The van der Waals surface area contributed by atoms with Gasteiger partial charge in [-0.25, -0.2) is 8.42 Å². The molecule has 23 heavy (non-hydrogen) atoms. The SMILES string of the molecule is CC1(C)SCN(S(=O)(=O)c2cccnc2)[C@@H]1C(=O)NCC(=O)O. The molecule has 1 atom stereocenters. The second kappa shape index (κ2) is 6.46. The summed E-state index contributed by atoms with van der Waals surface area (Å²) in [4.78, 5) is 26.8. The zero-order chi connectivity index (χ0) is 17.3. The number of pyridine rings is 1. The number of carbonyl (C=O) groups excluding carboxylic acids is 1. The van der Waals surface area contributed by atoms with Gasteiger partial charge >= 0.3 is 5.97 Å². The quantitative estimate of drug-likeness (QED) is 0.767. The lowest BCUT2D eigenvalue weighted by Crippen LogP contribution is -2.53. The molecule has 126 valence electrons. The summed E-state index contributed by atoms with van der Waals surface area (Å²) in [5, 5.41) is 10.9. The third-order valence-corrected chi connectivity index (χ3v) is 6.75. The van der Waals surface area contributed by atoms with E-state index >= 15 is 0 Å². The minimum Gasteiger partial charge on any atom is -0.480 e. The molecule has 10 heteroatoms. The summed E-state index contributed by atoms with van der Waals surface area (Å²) in [6.07, 6.45) is 2.68. The first-order valence-electron chi connectivity index (χ1n) is 6.71. The van der Waals surface area contributed by atoms with Gasteiger partial charge in [0.1, 0.15) is 17.5 Å². The van der Waals surface area contributed by atoms with Crippen molar-refractivity contribution in [2.75, 3.05) is 12.4 Å². The molecule has 1 aromatic rings. The number of carboxylic acid groups (broad SMARTS) is 1. The van der Waals surface area contributed by atoms with Gasteiger partial charge in [-0.15, -0.1) is 11.8 Å². The van der Waals surface area contributed by atoms with E-state index < -0.39 is 39.2 Å². The monoisotopic (exact) mass is 359 g/mol. The fourth-order valence-electron chi connectivity index (χ4n) is 2.28. The van der Waals surface area contributed by atoms with Crippen molar-refractivity contribution in [1.29, 1.82) is 0 Å². The zero-order valence-electron chi connectivity index (χ0n) is 12.6. The lowest BCUT2D eigenvalue weighted by molar-refractivity contribution is -0.138. The molecule has 0 bridgehead atoms. The Kier molecular flexibility index (Phi) is 4.97. The first kappa shape index (κ1) is 17.7. The Hall–Kier alpha value is -1.65. The van der Waals surface area contributed by atoms with Gasteiger partial charge in [0.05, 0.1) is 5.88 Å². The fourth-order valence-corrected chi connectivity index (χ4v) is 5.41. The Morgan fingerprint density at radius 1 is 1.52 bits per heavy atom. The van der Waals surface area contributed by atoms with E-state index in [9.17, 15) is 18.0 Å². The van der Waals surface area contributed by atoms with Crippen molar-refractivity contribution in [3.05, 3.63) is 24.5 Å². The van der Waals surface area contributed by atoms with Crippen LogP contribution in [0.2, 0.25) is 0 Å². The molecule has 0 spiro atoms. The molecule has 8 nitrogen and oxygen atoms in total. The van der Waals surface area contributed by atoms with Crippen molar-refractivity contribution in [1.82, 2.24) is 14.6 Å². The lowest BCUT2D eigenvalue weighted by Gasteiger charge is -2.29. The van der Waals surface area contributed by atoms with Gasteiger partial charge in [0, 0.05) is 17.1 Å². The average Bonchev–Trinajstić information content (AvgIpc) is 2.82. The molecule has 0 radical (unpaired) electrons. The number of carboxylic acids is 1. The number of hydrogen-bond acceptors (Lipinski definition) is 6. The van der Waals surface area contributed by atoms with Crippen LogP contribution >= 0.6 is 11.8 Å². The molecule has 1 aliphatic rings. The molecule has 0 aromatic carbocycles. The largest absolute Gasteiger partial charge is 0.480 e. The second-order valence-corrected chi connectivity index (χ2v) is 8.96. The van der Waals surface area contributed by atoms with E-state index in [4.69, 9.17) is 5.11 Å². The van der Waals surface area contributed by atoms with Gasteiger partial charge in [0.15, 0.2) is 0 Å². The molecule has 2 heterocycles. The third kappa shape index (κ3) is 3.65. The van der Waals surface area contributed by atoms with Crippen molar-refractivity contribution in [3.8, 4) is 0 Å². The van der Waals surface area contributed by atoms with Crippen molar-refractivity contribution in [2.45, 2.75) is 29.5 Å². The highest BCUT2D eigenvalue weighted by Crippen LogP contribution is 2.42. The van der Waals surface area contributed by atoms with Crippen LogP contribution in [0.3, 0.4) is 0 Å². The normalized spacial score (nSPS) is 21.0. The third-order valence-electron chi connectivity index (χ3n) is 3.41. The Labute approximate surface area is 138 Å². The van der Waals surface area contributed by atoms with Crippen molar-refractivity contribution >= 4 is 33.7 Å². The van der Waals surface area contributed by atoms with Crippen LogP contribution in [0, 0.1) is 0 Å². The predicted molar refractivity (Wildman–Crippen MR) is 84.2 cm³/mol. The molecular weight excluding hydrogens is 342 g/mol. The average molecular weight is 359 g/mol. The number of aromatic nitrogens is 1. The molecule has 2 rings (SSSR count). The molecule has 1 fully saturated rings. The minimum absolute atomic E-state index is 0.00525. The lowest BCUT2D eigenvalue weighted by atomic mass is 10.0. The maximum absolute atomic E-state index is 12.8. The van der Waals surface area contributed by atoms with E-state index in [1.807, 2.05) is 0 Å². The zero-order valence-corrected chi connectivity index (χ0v) is 14.2. The molecule has 0 unspecified atom stereocenters. The summed E-state index contributed by atoms with van der Waals surface area (Å²) in [7, 11) is -3.90. The number of aliphatic carboxylic acids is 1. The molecule has 1 saturated heterocycles. The van der Waals surface area contributed by atoms with E-state index in [-0.39, 0.29) is 10.8 Å². The van der Waals surface area contributed by atoms with E-state index in [2.05, 4.69) is 10.3 Å². The number of carbonyl (C=O) groups is 2. The first-order valence-corrected chi connectivity index (χ1v) is 9.14. The highest BCUT2D eigenvalue weighted by molar-refractivity contribution is 8.02. The molecule has 0 aliphatic carbocycles. The van der Waals surface area contributed by atoms with Crippen LogP contribution in [0.5, 0.6) is 0 Å². The Balaban J connectivity index is 2.33. The van der Waals surface area contributed by atoms with Gasteiger partial charge in [-0.05, 0) is 26.0 Å². The van der Waals surface area contributed by atoms with Gasteiger partial charge < -0.3 is 10.4 Å². The first-order chi connectivity index (χ1) is 10.7. The van der Waals surface area contributed by atoms with E-state index in [1.54, 1.807) is 13.8 Å². The molecule has 2 N–H and O–H groups in total. The van der Waals surface area contributed by atoms with Crippen LogP contribution in [0.1, 0.15) is 13.8 Å². The summed E-state index contributed by atoms with van der Waals surface area (Å²) in [6, 6.07) is 1.91. The van der Waals surface area contributed by atoms with Crippen LogP contribution in [0.25, 0.3) is 0 Å². The maximum Gasteiger partial charge on any atom is 0.322 e. The number of nitrogens with one attached hydrogen (secondary N) is 1. The Morgan fingerprint density at radius 2 is 2.22 bits per heavy atom. The molecular formula is C13H17N3O5S2. The molecule has 1 aromatic heterocycles. The number of hydrogen-bond donors (Lipinski definition) is 2. The number of thioether (sulfide) groups is 1. The topological polar surface area (TPSA) is 117 Å². The van der Waals surface area contributed by atoms with Gasteiger partial charge in [0.25, 0.3) is 0 Å². The highest BCUT2D eigenvalue weighted by Gasteiger charge is 2.51. The van der Waals surface area contributed by atoms with Crippen LogP contribution in [0.15, 0.2) is 29.4 Å². The minimum atomic E-state index is -3.90. The molecule has 1 amide bonds. The number of amides is 1. The number of rotatable bonds is 5. The van der Waals surface area contributed by atoms with Gasteiger partial charge in [-0.2, -0.15) is 4.31 Å². The Morgan fingerprint density at radius 3 is 2.78 bits per heavy atom. The molecule has 0 saturated carbocycles. The Bertz CT molecular complexity index is 706. The van der Waals surface area contributed by atoms with Crippen LogP contribution in [-0.2, 0) is 19.6 Å². The fraction of sp³-hybridized carbons (Fsp3) is 0.462. The van der Waals surface area contributed by atoms with E-state index in [0.29, 0.717) is 0 Å². The predicted octanol–water partition coefficient (Wildman–Crippen LogP) is 0.125. The van der Waals surface area contributed by atoms with Gasteiger partial charge in [-0.1, -0.05) is 0 Å². The van der Waals surface area contributed by atoms with E-state index in [1.165, 1.54) is 36.3 Å². The van der Waals surface area contributed by atoms with Crippen molar-refractivity contribution in [2.24, 2.45) is 0 Å². The van der Waals surface area contributed by atoms with E-state index in [0.717, 1.165) is 4.31 Å². The van der Waals surface area contributed by atoms with Crippen LogP contribution in [-0.4, -0.2) is 57.9 Å². The maximum atomic E-state index is 12.8. The summed E-state index contributed by atoms with van der Waals surface area (Å²) < 4.78 is 25.9. The molecule has 1 aliphatic heterocycles. The standard InChI is InChI=1S/C13H17N3O5S2/c1-13(2)11(12(19)15-7-10(17)18)16(8-22-13)23(20,21)9-4-3-5-14-6-9/h3-6,11H,7-8H2,1-2H3,(H,15,19)(H,17,18)/t11-/m1/s1. The highest BCUT2D eigenvalue weighted by atomic mass is 32.2. The van der Waals surface area contributed by atoms with Crippen LogP contribution in [0.4, 0.5) is 0 Å². The van der Waals surface area contributed by atoms with Crippen molar-refractivity contribution in [3.63, 3.8) is 0 Å². The van der Waals surface area contributed by atoms with Crippen molar-refractivity contribution < 1.29 is 23.1 Å². The van der Waals surface area contributed by atoms with Crippen LogP contribution < -0.4 is 5.32 Å². The number of nitrogens with zero attached hydrogens (tertiary/aromatic N) is 2.